The lowest BCUT2D eigenvalue weighted by molar-refractivity contribution is -0.136. The van der Waals surface area contributed by atoms with Crippen molar-refractivity contribution < 1.29 is 18.7 Å². The third-order valence-electron chi connectivity index (χ3n) is 4.47. The van der Waals surface area contributed by atoms with Gasteiger partial charge < -0.3 is 4.74 Å². The first-order valence-corrected chi connectivity index (χ1v) is 11.1. The van der Waals surface area contributed by atoms with Crippen LogP contribution in [0.25, 0.3) is 23.0 Å². The molecule has 0 atom stereocenters. The van der Waals surface area contributed by atoms with Gasteiger partial charge >= 0.3 is 5.97 Å². The van der Waals surface area contributed by atoms with Crippen molar-refractivity contribution in [2.24, 2.45) is 0 Å². The maximum atomic E-state index is 13.4. The number of carbonyl (C=O) groups is 2. The topological polar surface area (TPSA) is 61.2 Å². The van der Waals surface area contributed by atoms with E-state index in [9.17, 15) is 14.0 Å². The van der Waals surface area contributed by atoms with Crippen molar-refractivity contribution in [2.45, 2.75) is 0 Å². The van der Waals surface area contributed by atoms with Gasteiger partial charge in [0.2, 0.25) is 5.78 Å². The predicted octanol–water partition coefficient (Wildman–Crippen LogP) is 5.94. The van der Waals surface area contributed by atoms with Crippen LogP contribution in [-0.2, 0) is 9.53 Å². The van der Waals surface area contributed by atoms with Gasteiger partial charge in [-0.15, -0.1) is 11.3 Å². The number of Topliss-reactive ketones (excluding diaryl/α,β-unsaturated/α-hetero) is 1. The molecule has 0 aliphatic carbocycles. The third kappa shape index (κ3) is 5.27. The number of hydrogen-bond donors (Lipinski definition) is 0. The smallest absolute Gasteiger partial charge is 0.331 e. The maximum Gasteiger partial charge on any atom is 0.331 e. The molecule has 4 rings (SSSR count). The molecule has 32 heavy (non-hydrogen) atoms. The van der Waals surface area contributed by atoms with Gasteiger partial charge in [0.05, 0.1) is 20.0 Å². The Balaban J connectivity index is 1.54. The molecule has 0 spiro atoms. The van der Waals surface area contributed by atoms with E-state index >= 15 is 0 Å². The highest BCUT2D eigenvalue weighted by atomic mass is 79.9. The summed E-state index contributed by atoms with van der Waals surface area (Å²) in [5.74, 6) is -1.27. The van der Waals surface area contributed by atoms with Crippen molar-refractivity contribution in [2.75, 3.05) is 6.61 Å². The first-order chi connectivity index (χ1) is 15.5. The van der Waals surface area contributed by atoms with Gasteiger partial charge in [0, 0.05) is 23.4 Å². The van der Waals surface area contributed by atoms with E-state index in [4.69, 9.17) is 4.74 Å². The SMILES string of the molecule is O=C(/C=C/c1cn(-c2ccccc2)nc1-c1ccc(F)cc1)OCC(=O)c1ccc(Br)s1. The second-order valence-corrected chi connectivity index (χ2v) is 9.15. The van der Waals surface area contributed by atoms with E-state index in [-0.39, 0.29) is 18.2 Å². The van der Waals surface area contributed by atoms with Crippen molar-refractivity contribution in [1.29, 1.82) is 0 Å². The van der Waals surface area contributed by atoms with E-state index in [0.717, 1.165) is 9.47 Å². The summed E-state index contributed by atoms with van der Waals surface area (Å²) in [7, 11) is 0. The summed E-state index contributed by atoms with van der Waals surface area (Å²) in [6.45, 7) is -0.343. The molecule has 5 nitrogen and oxygen atoms in total. The van der Waals surface area contributed by atoms with Gasteiger partial charge in [-0.2, -0.15) is 5.10 Å². The largest absolute Gasteiger partial charge is 0.454 e. The zero-order valence-corrected chi connectivity index (χ0v) is 19.0. The molecule has 0 radical (unpaired) electrons. The first kappa shape index (κ1) is 21.9. The Labute approximate surface area is 195 Å². The van der Waals surface area contributed by atoms with Gasteiger partial charge in [-0.3, -0.25) is 4.79 Å². The van der Waals surface area contributed by atoms with Gasteiger partial charge in [-0.25, -0.2) is 13.9 Å². The average molecular weight is 511 g/mol. The second kappa shape index (κ2) is 9.84. The minimum atomic E-state index is -0.647. The molecule has 0 unspecified atom stereocenters. The number of para-hydroxylation sites is 1. The Hall–Kier alpha value is -3.36. The van der Waals surface area contributed by atoms with Crippen LogP contribution in [0.5, 0.6) is 0 Å². The zero-order valence-electron chi connectivity index (χ0n) is 16.6. The van der Waals surface area contributed by atoms with E-state index in [0.29, 0.717) is 21.7 Å². The molecule has 4 aromatic rings. The lowest BCUT2D eigenvalue weighted by Crippen LogP contribution is -2.11. The molecule has 2 aromatic heterocycles. The van der Waals surface area contributed by atoms with Gasteiger partial charge in [0.15, 0.2) is 6.61 Å². The van der Waals surface area contributed by atoms with E-state index < -0.39 is 5.97 Å². The van der Waals surface area contributed by atoms with Crippen LogP contribution < -0.4 is 0 Å². The number of carbonyl (C=O) groups excluding carboxylic acids is 2. The molecule has 160 valence electrons. The molecule has 0 aliphatic rings. The molecule has 2 aromatic carbocycles. The summed E-state index contributed by atoms with van der Waals surface area (Å²) in [6.07, 6.45) is 4.59. The average Bonchev–Trinajstić information content (AvgIpc) is 3.44. The van der Waals surface area contributed by atoms with Crippen molar-refractivity contribution >= 4 is 45.1 Å². The van der Waals surface area contributed by atoms with Crippen LogP contribution in [0.1, 0.15) is 15.2 Å². The van der Waals surface area contributed by atoms with Crippen molar-refractivity contribution in [3.63, 3.8) is 0 Å². The second-order valence-electron chi connectivity index (χ2n) is 6.69. The van der Waals surface area contributed by atoms with Crippen LogP contribution in [0.4, 0.5) is 4.39 Å². The summed E-state index contributed by atoms with van der Waals surface area (Å²) in [5, 5.41) is 4.61. The fraction of sp³-hybridized carbons (Fsp3) is 0.0417. The monoisotopic (exact) mass is 510 g/mol. The number of hydrogen-bond acceptors (Lipinski definition) is 5. The first-order valence-electron chi connectivity index (χ1n) is 9.54. The Bertz CT molecular complexity index is 1280. The summed E-state index contributed by atoms with van der Waals surface area (Å²) >= 11 is 4.58. The zero-order chi connectivity index (χ0) is 22.5. The van der Waals surface area contributed by atoms with E-state index in [1.54, 1.807) is 41.2 Å². The lowest BCUT2D eigenvalue weighted by Gasteiger charge is -2.01. The number of ether oxygens (including phenoxy) is 1. The van der Waals surface area contributed by atoms with Gasteiger partial charge in [-0.1, -0.05) is 18.2 Å². The highest BCUT2D eigenvalue weighted by Gasteiger charge is 2.13. The standard InChI is InChI=1S/C24H16BrFN2O3S/c25-22-12-11-21(32-22)20(29)15-31-23(30)13-8-17-14-28(19-4-2-1-3-5-19)27-24(17)16-6-9-18(26)10-7-16/h1-14H,15H2/b13-8+. The predicted molar refractivity (Wildman–Crippen MR) is 125 cm³/mol. The van der Waals surface area contributed by atoms with Gasteiger partial charge in [-0.05, 0) is 70.5 Å². The van der Waals surface area contributed by atoms with Crippen LogP contribution in [0.2, 0.25) is 0 Å². The molecule has 0 saturated heterocycles. The molecular formula is C24H16BrFN2O3S. The quantitative estimate of drug-likeness (QED) is 0.175. The highest BCUT2D eigenvalue weighted by molar-refractivity contribution is 9.11. The van der Waals surface area contributed by atoms with Crippen molar-refractivity contribution in [1.82, 2.24) is 9.78 Å². The number of nitrogens with zero attached hydrogens (tertiary/aromatic N) is 2. The Morgan fingerprint density at radius 3 is 2.50 bits per heavy atom. The number of thiophene rings is 1. The van der Waals surface area contributed by atoms with Crippen molar-refractivity contribution in [3.8, 4) is 16.9 Å². The van der Waals surface area contributed by atoms with Gasteiger partial charge in [0.1, 0.15) is 5.82 Å². The van der Waals surface area contributed by atoms with E-state index in [1.165, 1.54) is 29.5 Å². The molecular weight excluding hydrogens is 495 g/mol. The van der Waals surface area contributed by atoms with E-state index in [2.05, 4.69) is 21.0 Å². The molecule has 0 N–H and O–H groups in total. The van der Waals surface area contributed by atoms with Gasteiger partial charge in [0.25, 0.3) is 0 Å². The van der Waals surface area contributed by atoms with Crippen LogP contribution >= 0.6 is 27.3 Å². The number of benzene rings is 2. The van der Waals surface area contributed by atoms with Crippen LogP contribution in [0, 0.1) is 5.82 Å². The summed E-state index contributed by atoms with van der Waals surface area (Å²) in [6, 6.07) is 18.9. The Morgan fingerprint density at radius 1 is 1.06 bits per heavy atom. The maximum absolute atomic E-state index is 13.4. The Morgan fingerprint density at radius 2 is 1.81 bits per heavy atom. The summed E-state index contributed by atoms with van der Waals surface area (Å²) in [4.78, 5) is 24.8. The number of halogens is 2. The fourth-order valence-electron chi connectivity index (χ4n) is 2.93. The minimum Gasteiger partial charge on any atom is -0.454 e. The van der Waals surface area contributed by atoms with Crippen molar-refractivity contribution in [3.05, 3.63) is 99.0 Å². The molecule has 8 heteroatoms. The Kier molecular flexibility index (Phi) is 6.72. The number of ketones is 1. The van der Waals surface area contributed by atoms with Crippen LogP contribution in [0.15, 0.2) is 82.8 Å². The lowest BCUT2D eigenvalue weighted by atomic mass is 10.1. The molecule has 0 fully saturated rings. The minimum absolute atomic E-state index is 0.272. The van der Waals surface area contributed by atoms with E-state index in [1.807, 2.05) is 30.3 Å². The fourth-order valence-corrected chi connectivity index (χ4v) is 4.24. The highest BCUT2D eigenvalue weighted by Crippen LogP contribution is 2.25. The molecule has 2 heterocycles. The van der Waals surface area contributed by atoms with Crippen LogP contribution in [-0.4, -0.2) is 28.1 Å². The third-order valence-corrected chi connectivity index (χ3v) is 6.14. The number of aromatic nitrogens is 2. The summed E-state index contributed by atoms with van der Waals surface area (Å²) < 4.78 is 21.0. The van der Waals surface area contributed by atoms with Crippen LogP contribution in [0.3, 0.4) is 0 Å². The molecule has 0 aliphatic heterocycles. The molecule has 0 saturated carbocycles. The molecule has 0 bridgehead atoms. The summed E-state index contributed by atoms with van der Waals surface area (Å²) in [5.41, 5.74) is 2.77. The normalized spacial score (nSPS) is 11.1. The molecule has 0 amide bonds. The number of esters is 1. The number of rotatable bonds is 7.